The van der Waals surface area contributed by atoms with Crippen molar-refractivity contribution >= 4 is 23.5 Å². The second-order valence-corrected chi connectivity index (χ2v) is 6.91. The van der Waals surface area contributed by atoms with Gasteiger partial charge in [-0.2, -0.15) is 13.2 Å². The standard InChI is InChI=1S/C11H12O2S.C8H5F3O2/c1-7-3-2-4-9-10(7)11(13)8(5-12)6-14-9;9-8(10,11)6-4-2-1-3-5(6)7(12)13/h2-4,8,12H,5-6H2,1H3;1-4H,(H,12,13). The summed E-state index contributed by atoms with van der Waals surface area (Å²) < 4.78 is 36.4. The summed E-state index contributed by atoms with van der Waals surface area (Å²) >= 11 is 1.66. The molecular weight excluding hydrogens is 381 g/mol. The number of carboxylic acid groups (broad SMARTS) is 1. The van der Waals surface area contributed by atoms with Crippen LogP contribution in [0.25, 0.3) is 0 Å². The molecule has 0 saturated carbocycles. The predicted molar refractivity (Wildman–Crippen MR) is 95.2 cm³/mol. The number of aliphatic hydroxyl groups is 1. The number of aliphatic hydroxyl groups excluding tert-OH is 1. The van der Waals surface area contributed by atoms with Crippen molar-refractivity contribution in [2.75, 3.05) is 12.4 Å². The lowest BCUT2D eigenvalue weighted by Crippen LogP contribution is -2.26. The van der Waals surface area contributed by atoms with Crippen LogP contribution in [0.4, 0.5) is 13.2 Å². The number of carbonyl (C=O) groups excluding carboxylic acids is 1. The zero-order valence-corrected chi connectivity index (χ0v) is 15.1. The lowest BCUT2D eigenvalue weighted by Gasteiger charge is -2.22. The van der Waals surface area contributed by atoms with E-state index in [1.165, 1.54) is 6.07 Å². The number of aryl methyl sites for hydroxylation is 1. The predicted octanol–water partition coefficient (Wildman–Crippen LogP) is 4.30. The van der Waals surface area contributed by atoms with Gasteiger partial charge in [0, 0.05) is 16.2 Å². The van der Waals surface area contributed by atoms with Crippen molar-refractivity contribution in [2.24, 2.45) is 5.92 Å². The Labute approximate surface area is 158 Å². The molecule has 0 aliphatic carbocycles. The maximum atomic E-state index is 12.1. The first kappa shape index (κ1) is 21.0. The Bertz CT molecular complexity index is 849. The Morgan fingerprint density at radius 1 is 1.19 bits per heavy atom. The van der Waals surface area contributed by atoms with Crippen LogP contribution in [0.2, 0.25) is 0 Å². The molecule has 1 atom stereocenters. The highest BCUT2D eigenvalue weighted by Crippen LogP contribution is 2.34. The van der Waals surface area contributed by atoms with E-state index in [1.807, 2.05) is 25.1 Å². The van der Waals surface area contributed by atoms with Gasteiger partial charge in [-0.1, -0.05) is 24.3 Å². The number of alkyl halides is 3. The molecule has 3 rings (SSSR count). The number of aromatic carboxylic acids is 1. The number of halogens is 3. The molecule has 2 aromatic carbocycles. The summed E-state index contributed by atoms with van der Waals surface area (Å²) in [4.78, 5) is 23.3. The van der Waals surface area contributed by atoms with Gasteiger partial charge in [0.05, 0.1) is 23.7 Å². The summed E-state index contributed by atoms with van der Waals surface area (Å²) in [5.74, 6) is -0.993. The zero-order chi connectivity index (χ0) is 20.2. The number of thioether (sulfide) groups is 1. The van der Waals surface area contributed by atoms with Crippen LogP contribution >= 0.6 is 11.8 Å². The summed E-state index contributed by atoms with van der Waals surface area (Å²) in [7, 11) is 0. The van der Waals surface area contributed by atoms with Crippen LogP contribution in [0.3, 0.4) is 0 Å². The molecule has 4 nitrogen and oxygen atoms in total. The summed E-state index contributed by atoms with van der Waals surface area (Å²) in [5, 5.41) is 17.5. The van der Waals surface area contributed by atoms with Crippen molar-refractivity contribution in [2.45, 2.75) is 18.0 Å². The average Bonchev–Trinajstić information content (AvgIpc) is 2.62. The summed E-state index contributed by atoms with van der Waals surface area (Å²) in [6, 6.07) is 9.94. The third-order valence-corrected chi connectivity index (χ3v) is 5.20. The zero-order valence-electron chi connectivity index (χ0n) is 14.3. The van der Waals surface area contributed by atoms with Gasteiger partial charge >= 0.3 is 12.1 Å². The number of ketones is 1. The molecule has 0 radical (unpaired) electrons. The van der Waals surface area contributed by atoms with E-state index in [2.05, 4.69) is 0 Å². The third kappa shape index (κ3) is 4.90. The van der Waals surface area contributed by atoms with Gasteiger partial charge in [-0.05, 0) is 30.7 Å². The minimum atomic E-state index is -4.62. The van der Waals surface area contributed by atoms with Crippen LogP contribution in [0, 0.1) is 12.8 Å². The Morgan fingerprint density at radius 3 is 2.41 bits per heavy atom. The summed E-state index contributed by atoms with van der Waals surface area (Å²) in [5.41, 5.74) is -0.0292. The van der Waals surface area contributed by atoms with Crippen molar-refractivity contribution < 1.29 is 33.0 Å². The van der Waals surface area contributed by atoms with Gasteiger partial charge in [0.15, 0.2) is 5.78 Å². The topological polar surface area (TPSA) is 74.6 Å². The molecule has 2 N–H and O–H groups in total. The molecule has 0 aromatic heterocycles. The lowest BCUT2D eigenvalue weighted by atomic mass is 9.96. The van der Waals surface area contributed by atoms with Crippen LogP contribution in [-0.4, -0.2) is 34.3 Å². The molecule has 27 heavy (non-hydrogen) atoms. The molecule has 1 aliphatic rings. The van der Waals surface area contributed by atoms with E-state index >= 15 is 0 Å². The second kappa shape index (κ2) is 8.58. The Morgan fingerprint density at radius 2 is 1.85 bits per heavy atom. The first-order valence-corrected chi connectivity index (χ1v) is 8.92. The lowest BCUT2D eigenvalue weighted by molar-refractivity contribution is -0.138. The van der Waals surface area contributed by atoms with Crippen molar-refractivity contribution in [3.63, 3.8) is 0 Å². The fourth-order valence-corrected chi connectivity index (χ4v) is 3.82. The van der Waals surface area contributed by atoms with Crippen LogP contribution in [0.1, 0.15) is 31.8 Å². The molecule has 0 fully saturated rings. The number of rotatable bonds is 2. The van der Waals surface area contributed by atoms with Gasteiger partial charge in [0.1, 0.15) is 0 Å². The minimum absolute atomic E-state index is 0.0421. The molecule has 0 amide bonds. The minimum Gasteiger partial charge on any atom is -0.478 e. The molecule has 0 spiro atoms. The van der Waals surface area contributed by atoms with Gasteiger partial charge < -0.3 is 10.2 Å². The SMILES string of the molecule is Cc1cccc2c1C(=O)C(CO)CS2.O=C(O)c1ccccc1C(F)(F)F. The number of fused-ring (bicyclic) bond motifs is 1. The van der Waals surface area contributed by atoms with Gasteiger partial charge in [-0.15, -0.1) is 11.8 Å². The molecular formula is C19H17F3O4S. The van der Waals surface area contributed by atoms with Gasteiger partial charge in [0.2, 0.25) is 0 Å². The third-order valence-electron chi connectivity index (χ3n) is 3.98. The number of carboxylic acids is 1. The van der Waals surface area contributed by atoms with Crippen LogP contribution in [0.15, 0.2) is 47.4 Å². The highest BCUT2D eigenvalue weighted by molar-refractivity contribution is 7.99. The molecule has 1 aliphatic heterocycles. The fraction of sp³-hybridized carbons (Fsp3) is 0.263. The molecule has 1 heterocycles. The van der Waals surface area contributed by atoms with Crippen molar-refractivity contribution in [1.82, 2.24) is 0 Å². The maximum Gasteiger partial charge on any atom is 0.417 e. The summed E-state index contributed by atoms with van der Waals surface area (Å²) in [6.07, 6.45) is -4.62. The molecule has 0 bridgehead atoms. The normalized spacial score (nSPS) is 16.2. The van der Waals surface area contributed by atoms with Gasteiger partial charge in [0.25, 0.3) is 0 Å². The number of carbonyl (C=O) groups is 2. The first-order valence-electron chi connectivity index (χ1n) is 7.93. The molecule has 144 valence electrons. The monoisotopic (exact) mass is 398 g/mol. The second-order valence-electron chi connectivity index (χ2n) is 5.85. The van der Waals surface area contributed by atoms with E-state index in [4.69, 9.17) is 10.2 Å². The first-order chi connectivity index (χ1) is 12.7. The van der Waals surface area contributed by atoms with Gasteiger partial charge in [-0.3, -0.25) is 4.79 Å². The van der Waals surface area contributed by atoms with E-state index in [1.54, 1.807) is 11.8 Å². The van der Waals surface area contributed by atoms with Crippen LogP contribution < -0.4 is 0 Å². The molecule has 2 aromatic rings. The van der Waals surface area contributed by atoms with Crippen molar-refractivity contribution in [3.05, 3.63) is 64.7 Å². The fourth-order valence-electron chi connectivity index (χ4n) is 2.60. The van der Waals surface area contributed by atoms with Crippen LogP contribution in [0.5, 0.6) is 0 Å². The van der Waals surface area contributed by atoms with Crippen LogP contribution in [-0.2, 0) is 6.18 Å². The quantitative estimate of drug-likeness (QED) is 0.789. The Kier molecular flexibility index (Phi) is 6.67. The van der Waals surface area contributed by atoms with Crippen molar-refractivity contribution in [1.29, 1.82) is 0 Å². The highest BCUT2D eigenvalue weighted by atomic mass is 32.2. The maximum absolute atomic E-state index is 12.1. The van der Waals surface area contributed by atoms with E-state index in [0.717, 1.165) is 34.2 Å². The van der Waals surface area contributed by atoms with E-state index < -0.39 is 23.3 Å². The van der Waals surface area contributed by atoms with E-state index in [-0.39, 0.29) is 18.3 Å². The van der Waals surface area contributed by atoms with Gasteiger partial charge in [-0.25, -0.2) is 4.79 Å². The highest BCUT2D eigenvalue weighted by Gasteiger charge is 2.34. The Hall–Kier alpha value is -2.32. The molecule has 1 unspecified atom stereocenters. The average molecular weight is 398 g/mol. The molecule has 8 heteroatoms. The smallest absolute Gasteiger partial charge is 0.417 e. The van der Waals surface area contributed by atoms with E-state index in [9.17, 15) is 22.8 Å². The Balaban J connectivity index is 0.000000194. The van der Waals surface area contributed by atoms with E-state index in [0.29, 0.717) is 5.75 Å². The van der Waals surface area contributed by atoms with Crippen molar-refractivity contribution in [3.8, 4) is 0 Å². The number of Topliss-reactive ketones (excluding diaryl/α,β-unsaturated/α-hetero) is 1. The summed E-state index contributed by atoms with van der Waals surface area (Å²) in [6.45, 7) is 1.90. The number of hydrogen-bond acceptors (Lipinski definition) is 4. The number of hydrogen-bond donors (Lipinski definition) is 2. The molecule has 0 saturated heterocycles. The number of benzene rings is 2. The largest absolute Gasteiger partial charge is 0.478 e.